The number of carboxylic acid groups (broad SMARTS) is 1. The van der Waals surface area contributed by atoms with E-state index in [4.69, 9.17) is 15.2 Å². The van der Waals surface area contributed by atoms with Gasteiger partial charge in [0.15, 0.2) is 0 Å². The minimum atomic E-state index is -1.23. The fourth-order valence-corrected chi connectivity index (χ4v) is 3.80. The molecule has 0 amide bonds. The predicted octanol–water partition coefficient (Wildman–Crippen LogP) is 2.59. The van der Waals surface area contributed by atoms with E-state index in [1.807, 2.05) is 11.8 Å². The minimum absolute atomic E-state index is 1.01. The summed E-state index contributed by atoms with van der Waals surface area (Å²) in [6.45, 7) is 5.27. The van der Waals surface area contributed by atoms with E-state index in [0.29, 0.717) is 0 Å². The largest absolute Gasteiger partial charge is 0.479 e. The number of hydrogen-bond donors (Lipinski definition) is 3. The van der Waals surface area contributed by atoms with Crippen LogP contribution in [0.3, 0.4) is 0 Å². The number of carbonyl (C=O) groups is 1. The standard InChI is InChI=1S/C17H17N3S.C3H6O3/c1-3-7-15-13(5-1)17(20-11-9-18-10-12-20)19-14-6-2-4-8-16(14)21-15;1-2(4)3(5)6/h1-8,18H,9-12H2;2,4H,1H3,(H,5,6). The van der Waals surface area contributed by atoms with Crippen LogP contribution in [0.2, 0.25) is 0 Å². The molecule has 0 saturated carbocycles. The first kappa shape index (κ1) is 19.4. The smallest absolute Gasteiger partial charge is 0.332 e. The van der Waals surface area contributed by atoms with Gasteiger partial charge in [-0.15, -0.1) is 0 Å². The summed E-state index contributed by atoms with van der Waals surface area (Å²) in [5, 5.41) is 19.2. The van der Waals surface area contributed by atoms with Gasteiger partial charge in [0.25, 0.3) is 0 Å². The first-order valence-electron chi connectivity index (χ1n) is 8.88. The summed E-state index contributed by atoms with van der Waals surface area (Å²) < 4.78 is 0. The Labute approximate surface area is 162 Å². The molecule has 27 heavy (non-hydrogen) atoms. The third-order valence-corrected chi connectivity index (χ3v) is 5.35. The molecule has 1 fully saturated rings. The van der Waals surface area contributed by atoms with Crippen LogP contribution >= 0.6 is 11.8 Å². The van der Waals surface area contributed by atoms with Gasteiger partial charge in [0.1, 0.15) is 11.9 Å². The summed E-state index contributed by atoms with van der Waals surface area (Å²) in [4.78, 5) is 19.4. The summed E-state index contributed by atoms with van der Waals surface area (Å²) in [6, 6.07) is 17.0. The van der Waals surface area contributed by atoms with Crippen molar-refractivity contribution in [3.63, 3.8) is 0 Å². The van der Waals surface area contributed by atoms with Gasteiger partial charge in [-0.05, 0) is 25.1 Å². The molecule has 2 aromatic rings. The van der Waals surface area contributed by atoms with E-state index in [0.717, 1.165) is 37.7 Å². The monoisotopic (exact) mass is 385 g/mol. The zero-order valence-electron chi connectivity index (χ0n) is 15.1. The lowest BCUT2D eigenvalue weighted by atomic mass is 10.1. The molecule has 1 unspecified atom stereocenters. The Kier molecular flexibility index (Phi) is 6.49. The van der Waals surface area contributed by atoms with Crippen LogP contribution in [0.4, 0.5) is 5.69 Å². The van der Waals surface area contributed by atoms with Crippen LogP contribution < -0.4 is 5.32 Å². The Morgan fingerprint density at radius 3 is 2.37 bits per heavy atom. The van der Waals surface area contributed by atoms with E-state index in [2.05, 4.69) is 58.7 Å². The average molecular weight is 385 g/mol. The highest BCUT2D eigenvalue weighted by atomic mass is 32.2. The number of aliphatic hydroxyl groups is 1. The topological polar surface area (TPSA) is 85.2 Å². The highest BCUT2D eigenvalue weighted by molar-refractivity contribution is 7.99. The van der Waals surface area contributed by atoms with E-state index in [1.165, 1.54) is 22.3 Å². The molecule has 2 aromatic carbocycles. The van der Waals surface area contributed by atoms with E-state index in [-0.39, 0.29) is 0 Å². The maximum absolute atomic E-state index is 9.45. The van der Waals surface area contributed by atoms with Crippen molar-refractivity contribution in [2.45, 2.75) is 22.8 Å². The number of aliphatic imine (C=N–C) groups is 1. The van der Waals surface area contributed by atoms with E-state index in [1.54, 1.807) is 0 Å². The van der Waals surface area contributed by atoms with Gasteiger partial charge in [-0.25, -0.2) is 9.79 Å². The average Bonchev–Trinajstić information content (AvgIpc) is 2.86. The second kappa shape index (κ2) is 9.03. The number of amidine groups is 1. The Bertz CT molecular complexity index is 833. The summed E-state index contributed by atoms with van der Waals surface area (Å²) >= 11 is 1.81. The number of fused-ring (bicyclic) bond motifs is 2. The van der Waals surface area contributed by atoms with Crippen LogP contribution in [0.15, 0.2) is 63.3 Å². The van der Waals surface area contributed by atoms with Crippen molar-refractivity contribution in [3.05, 3.63) is 54.1 Å². The van der Waals surface area contributed by atoms with Crippen LogP contribution in [0, 0.1) is 0 Å². The highest BCUT2D eigenvalue weighted by Gasteiger charge is 2.22. The van der Waals surface area contributed by atoms with Crippen LogP contribution in [-0.2, 0) is 4.79 Å². The molecule has 0 radical (unpaired) electrons. The Morgan fingerprint density at radius 1 is 1.11 bits per heavy atom. The first-order chi connectivity index (χ1) is 13.1. The molecule has 2 heterocycles. The maximum Gasteiger partial charge on any atom is 0.332 e. The Hall–Kier alpha value is -2.35. The van der Waals surface area contributed by atoms with Crippen LogP contribution in [0.25, 0.3) is 0 Å². The summed E-state index contributed by atoms with van der Waals surface area (Å²) in [6.07, 6.45) is -1.23. The third kappa shape index (κ3) is 4.88. The van der Waals surface area contributed by atoms with Crippen LogP contribution in [0.1, 0.15) is 12.5 Å². The molecule has 0 aliphatic carbocycles. The molecule has 1 atom stereocenters. The van der Waals surface area contributed by atoms with Crippen LogP contribution in [-0.4, -0.2) is 59.2 Å². The quantitative estimate of drug-likeness (QED) is 0.700. The molecule has 142 valence electrons. The minimum Gasteiger partial charge on any atom is -0.479 e. The van der Waals surface area contributed by atoms with Gasteiger partial charge in [-0.2, -0.15) is 0 Å². The number of para-hydroxylation sites is 1. The molecule has 6 nitrogen and oxygen atoms in total. The molecule has 0 bridgehead atoms. The van der Waals surface area contributed by atoms with E-state index in [9.17, 15) is 4.79 Å². The fraction of sp³-hybridized carbons (Fsp3) is 0.300. The van der Waals surface area contributed by atoms with Crippen molar-refractivity contribution < 1.29 is 15.0 Å². The lowest BCUT2D eigenvalue weighted by Crippen LogP contribution is -2.46. The van der Waals surface area contributed by atoms with Crippen molar-refractivity contribution in [2.24, 2.45) is 4.99 Å². The number of benzene rings is 2. The van der Waals surface area contributed by atoms with Crippen molar-refractivity contribution in [2.75, 3.05) is 26.2 Å². The predicted molar refractivity (Wildman–Crippen MR) is 107 cm³/mol. The Morgan fingerprint density at radius 2 is 1.70 bits per heavy atom. The first-order valence-corrected chi connectivity index (χ1v) is 9.69. The molecule has 7 heteroatoms. The lowest BCUT2D eigenvalue weighted by molar-refractivity contribution is -0.145. The number of nitrogens with one attached hydrogen (secondary N) is 1. The molecule has 3 N–H and O–H groups in total. The van der Waals surface area contributed by atoms with Crippen LogP contribution in [0.5, 0.6) is 0 Å². The number of piperazine rings is 1. The van der Waals surface area contributed by atoms with Gasteiger partial charge >= 0.3 is 5.97 Å². The van der Waals surface area contributed by atoms with Gasteiger partial charge < -0.3 is 20.4 Å². The van der Waals surface area contributed by atoms with E-state index >= 15 is 0 Å². The molecule has 2 aliphatic rings. The van der Waals surface area contributed by atoms with Crippen molar-refractivity contribution in [1.82, 2.24) is 10.2 Å². The molecule has 4 rings (SSSR count). The summed E-state index contributed by atoms with van der Waals surface area (Å²) in [5.74, 6) is -0.0699. The molecule has 1 saturated heterocycles. The number of carboxylic acids is 1. The third-order valence-electron chi connectivity index (χ3n) is 4.21. The van der Waals surface area contributed by atoms with Gasteiger partial charge in [-0.3, -0.25) is 0 Å². The number of rotatable bonds is 1. The second-order valence-corrected chi connectivity index (χ2v) is 7.34. The summed E-state index contributed by atoms with van der Waals surface area (Å²) in [5.41, 5.74) is 2.33. The summed E-state index contributed by atoms with van der Waals surface area (Å²) in [7, 11) is 0. The molecule has 0 aromatic heterocycles. The molecular weight excluding hydrogens is 362 g/mol. The SMILES string of the molecule is CC(O)C(=O)O.c1ccc2c(c1)N=C(N1CCNCC1)c1ccccc1S2. The zero-order valence-corrected chi connectivity index (χ0v) is 15.9. The van der Waals surface area contributed by atoms with Crippen molar-refractivity contribution in [3.8, 4) is 0 Å². The normalized spacial score (nSPS) is 16.7. The Balaban J connectivity index is 0.000000307. The fourth-order valence-electron chi connectivity index (χ4n) is 2.79. The lowest BCUT2D eigenvalue weighted by Gasteiger charge is -2.30. The van der Waals surface area contributed by atoms with Gasteiger partial charge in [-0.1, -0.05) is 42.1 Å². The van der Waals surface area contributed by atoms with Crippen molar-refractivity contribution in [1.29, 1.82) is 0 Å². The van der Waals surface area contributed by atoms with E-state index < -0.39 is 12.1 Å². The zero-order chi connectivity index (χ0) is 19.2. The molecule has 0 spiro atoms. The molecular formula is C20H23N3O3S. The highest BCUT2D eigenvalue weighted by Crippen LogP contribution is 2.40. The maximum atomic E-state index is 9.45. The number of nitrogens with zero attached hydrogens (tertiary/aromatic N) is 2. The number of aliphatic carboxylic acids is 1. The number of hydrogen-bond acceptors (Lipinski definition) is 6. The second-order valence-electron chi connectivity index (χ2n) is 6.25. The number of aliphatic hydroxyl groups excluding tert-OH is 1. The molecule has 2 aliphatic heterocycles. The van der Waals surface area contributed by atoms with Gasteiger partial charge in [0.05, 0.1) is 5.69 Å². The van der Waals surface area contributed by atoms with Crippen molar-refractivity contribution >= 4 is 29.3 Å². The van der Waals surface area contributed by atoms with Gasteiger partial charge in [0, 0.05) is 41.5 Å². The van der Waals surface area contributed by atoms with Gasteiger partial charge in [0.2, 0.25) is 0 Å².